The summed E-state index contributed by atoms with van der Waals surface area (Å²) in [5.74, 6) is -1.04. The number of benzene rings is 2. The Morgan fingerprint density at radius 2 is 1.82 bits per heavy atom. The molecule has 0 saturated heterocycles. The lowest BCUT2D eigenvalue weighted by atomic mass is 10.2. The monoisotopic (exact) mass is 386 g/mol. The number of carbonyl (C=O) groups excluding carboxylic acids is 1. The summed E-state index contributed by atoms with van der Waals surface area (Å²) in [6.07, 6.45) is 1.03. The fourth-order valence-corrected chi connectivity index (χ4v) is 2.78. The van der Waals surface area contributed by atoms with E-state index in [0.29, 0.717) is 15.8 Å². The maximum Gasteiger partial charge on any atom is 0.255 e. The molecule has 0 aromatic heterocycles. The van der Waals surface area contributed by atoms with Crippen LogP contribution >= 0.6 is 15.9 Å². The number of halogens is 2. The van der Waals surface area contributed by atoms with E-state index < -0.39 is 21.7 Å². The fraction of sp³-hybridized carbons (Fsp3) is 0.0714. The van der Waals surface area contributed by atoms with Gasteiger partial charge in [0, 0.05) is 15.7 Å². The number of amides is 1. The normalized spacial score (nSPS) is 11.0. The number of hydrogen-bond acceptors (Lipinski definition) is 3. The SMILES string of the molecule is CS(=O)(=O)Nc1cccc(NC(=O)c2cc(F)cc(Br)c2)c1. The Hall–Kier alpha value is -1.93. The van der Waals surface area contributed by atoms with Gasteiger partial charge in [0.2, 0.25) is 10.0 Å². The first-order chi connectivity index (χ1) is 10.2. The zero-order valence-electron chi connectivity index (χ0n) is 11.4. The van der Waals surface area contributed by atoms with Crippen molar-refractivity contribution >= 4 is 43.2 Å². The molecule has 0 aliphatic heterocycles. The molecule has 0 spiro atoms. The summed E-state index contributed by atoms with van der Waals surface area (Å²) < 4.78 is 38.4. The van der Waals surface area contributed by atoms with E-state index in [0.717, 1.165) is 12.3 Å². The summed E-state index contributed by atoms with van der Waals surface area (Å²) in [7, 11) is -3.40. The number of nitrogens with one attached hydrogen (secondary N) is 2. The largest absolute Gasteiger partial charge is 0.322 e. The molecular formula is C14H12BrFN2O3S. The van der Waals surface area contributed by atoms with Gasteiger partial charge in [0.25, 0.3) is 5.91 Å². The molecule has 2 rings (SSSR count). The van der Waals surface area contributed by atoms with Gasteiger partial charge in [-0.2, -0.15) is 0 Å². The quantitative estimate of drug-likeness (QED) is 0.846. The molecule has 0 atom stereocenters. The second-order valence-electron chi connectivity index (χ2n) is 4.57. The predicted octanol–water partition coefficient (Wildman–Crippen LogP) is 3.21. The molecule has 116 valence electrons. The summed E-state index contributed by atoms with van der Waals surface area (Å²) in [5, 5.41) is 2.58. The van der Waals surface area contributed by atoms with Gasteiger partial charge in [-0.25, -0.2) is 12.8 Å². The minimum atomic E-state index is -3.40. The van der Waals surface area contributed by atoms with E-state index in [-0.39, 0.29) is 5.56 Å². The molecule has 0 unspecified atom stereocenters. The van der Waals surface area contributed by atoms with Gasteiger partial charge in [-0.1, -0.05) is 22.0 Å². The minimum Gasteiger partial charge on any atom is -0.322 e. The molecule has 2 N–H and O–H groups in total. The molecule has 1 amide bonds. The molecule has 0 aliphatic rings. The zero-order chi connectivity index (χ0) is 16.3. The Kier molecular flexibility index (Phi) is 4.82. The smallest absolute Gasteiger partial charge is 0.255 e. The molecule has 0 heterocycles. The highest BCUT2D eigenvalue weighted by atomic mass is 79.9. The van der Waals surface area contributed by atoms with Gasteiger partial charge in [-0.15, -0.1) is 0 Å². The van der Waals surface area contributed by atoms with Crippen molar-refractivity contribution in [2.45, 2.75) is 0 Å². The highest BCUT2D eigenvalue weighted by Gasteiger charge is 2.10. The lowest BCUT2D eigenvalue weighted by molar-refractivity contribution is 0.102. The average Bonchev–Trinajstić information content (AvgIpc) is 2.35. The van der Waals surface area contributed by atoms with Crippen molar-refractivity contribution in [1.82, 2.24) is 0 Å². The average molecular weight is 387 g/mol. The standard InChI is InChI=1S/C14H12BrFN2O3S/c1-22(20,21)18-13-4-2-3-12(8-13)17-14(19)9-5-10(15)7-11(16)6-9/h2-8,18H,1H3,(H,17,19). The second-order valence-corrected chi connectivity index (χ2v) is 7.23. The molecule has 0 saturated carbocycles. The van der Waals surface area contributed by atoms with Crippen LogP contribution in [0, 0.1) is 5.82 Å². The topological polar surface area (TPSA) is 75.3 Å². The number of hydrogen-bond donors (Lipinski definition) is 2. The van der Waals surface area contributed by atoms with Gasteiger partial charge in [0.1, 0.15) is 5.82 Å². The van der Waals surface area contributed by atoms with Crippen LogP contribution in [0.15, 0.2) is 46.9 Å². The van der Waals surface area contributed by atoms with Crippen molar-refractivity contribution < 1.29 is 17.6 Å². The molecule has 2 aromatic rings. The summed E-state index contributed by atoms with van der Waals surface area (Å²) in [6, 6.07) is 10.0. The third-order valence-electron chi connectivity index (χ3n) is 2.55. The van der Waals surface area contributed by atoms with E-state index in [9.17, 15) is 17.6 Å². The van der Waals surface area contributed by atoms with Crippen LogP contribution in [-0.2, 0) is 10.0 Å². The summed E-state index contributed by atoms with van der Waals surface area (Å²) >= 11 is 3.11. The van der Waals surface area contributed by atoms with Gasteiger partial charge in [-0.05, 0) is 36.4 Å². The van der Waals surface area contributed by atoms with E-state index in [2.05, 4.69) is 26.0 Å². The zero-order valence-corrected chi connectivity index (χ0v) is 13.8. The molecule has 5 nitrogen and oxygen atoms in total. The van der Waals surface area contributed by atoms with Crippen LogP contribution in [0.4, 0.5) is 15.8 Å². The van der Waals surface area contributed by atoms with Gasteiger partial charge >= 0.3 is 0 Å². The van der Waals surface area contributed by atoms with E-state index in [1.165, 1.54) is 18.2 Å². The fourth-order valence-electron chi connectivity index (χ4n) is 1.76. The Balaban J connectivity index is 2.20. The molecular weight excluding hydrogens is 375 g/mol. The van der Waals surface area contributed by atoms with E-state index in [1.807, 2.05) is 0 Å². The van der Waals surface area contributed by atoms with Crippen molar-refractivity contribution in [3.05, 3.63) is 58.3 Å². The second kappa shape index (κ2) is 6.45. The van der Waals surface area contributed by atoms with E-state index in [1.54, 1.807) is 18.2 Å². The minimum absolute atomic E-state index is 0.147. The highest BCUT2D eigenvalue weighted by molar-refractivity contribution is 9.10. The van der Waals surface area contributed by atoms with E-state index >= 15 is 0 Å². The highest BCUT2D eigenvalue weighted by Crippen LogP contribution is 2.19. The van der Waals surface area contributed by atoms with Gasteiger partial charge in [0.05, 0.1) is 11.9 Å². The maximum atomic E-state index is 13.3. The molecule has 0 bridgehead atoms. The third-order valence-corrected chi connectivity index (χ3v) is 3.61. The van der Waals surface area contributed by atoms with Crippen LogP contribution in [0.25, 0.3) is 0 Å². The van der Waals surface area contributed by atoms with Crippen LogP contribution in [-0.4, -0.2) is 20.6 Å². The first kappa shape index (κ1) is 16.4. The lowest BCUT2D eigenvalue weighted by Crippen LogP contribution is -2.13. The molecule has 22 heavy (non-hydrogen) atoms. The maximum absolute atomic E-state index is 13.3. The summed E-state index contributed by atoms with van der Waals surface area (Å²) in [5.41, 5.74) is 0.855. The van der Waals surface area contributed by atoms with Crippen LogP contribution in [0.2, 0.25) is 0 Å². The summed E-state index contributed by atoms with van der Waals surface area (Å²) in [6.45, 7) is 0. The van der Waals surface area contributed by atoms with Crippen molar-refractivity contribution in [2.75, 3.05) is 16.3 Å². The molecule has 0 radical (unpaired) electrons. The molecule has 8 heteroatoms. The predicted molar refractivity (Wildman–Crippen MR) is 87.0 cm³/mol. The lowest BCUT2D eigenvalue weighted by Gasteiger charge is -2.09. The van der Waals surface area contributed by atoms with Crippen LogP contribution in [0.3, 0.4) is 0 Å². The van der Waals surface area contributed by atoms with Crippen LogP contribution < -0.4 is 10.0 Å². The number of sulfonamides is 1. The number of anilines is 2. The van der Waals surface area contributed by atoms with Gasteiger partial charge < -0.3 is 5.32 Å². The molecule has 2 aromatic carbocycles. The molecule has 0 aliphatic carbocycles. The first-order valence-corrected chi connectivity index (χ1v) is 8.77. The Morgan fingerprint density at radius 3 is 2.45 bits per heavy atom. The van der Waals surface area contributed by atoms with Crippen molar-refractivity contribution in [3.8, 4) is 0 Å². The Morgan fingerprint density at radius 1 is 1.14 bits per heavy atom. The van der Waals surface area contributed by atoms with Crippen LogP contribution in [0.5, 0.6) is 0 Å². The van der Waals surface area contributed by atoms with Crippen LogP contribution in [0.1, 0.15) is 10.4 Å². The third kappa shape index (κ3) is 4.81. The first-order valence-electron chi connectivity index (χ1n) is 6.08. The number of rotatable bonds is 4. The number of carbonyl (C=O) groups is 1. The van der Waals surface area contributed by atoms with Crippen molar-refractivity contribution in [2.24, 2.45) is 0 Å². The van der Waals surface area contributed by atoms with Crippen molar-refractivity contribution in [1.29, 1.82) is 0 Å². The van der Waals surface area contributed by atoms with Gasteiger partial charge in [-0.3, -0.25) is 9.52 Å². The summed E-state index contributed by atoms with van der Waals surface area (Å²) in [4.78, 5) is 12.1. The van der Waals surface area contributed by atoms with Gasteiger partial charge in [0.15, 0.2) is 0 Å². The molecule has 0 fully saturated rings. The van der Waals surface area contributed by atoms with E-state index in [4.69, 9.17) is 0 Å². The Labute approximate surface area is 135 Å². The Bertz CT molecular complexity index is 804. The van der Waals surface area contributed by atoms with Crippen molar-refractivity contribution in [3.63, 3.8) is 0 Å².